The monoisotopic (exact) mass is 306 g/mol. The Bertz CT molecular complexity index is 752. The highest BCUT2D eigenvalue weighted by molar-refractivity contribution is 7.89. The van der Waals surface area contributed by atoms with E-state index in [0.29, 0.717) is 6.54 Å². The molecule has 0 radical (unpaired) electrons. The highest BCUT2D eigenvalue weighted by atomic mass is 32.2. The molecule has 112 valence electrons. The number of sulfonamides is 1. The van der Waals surface area contributed by atoms with Crippen molar-refractivity contribution in [1.82, 2.24) is 19.6 Å². The summed E-state index contributed by atoms with van der Waals surface area (Å²) in [6.45, 7) is 4.63. The van der Waals surface area contributed by atoms with Crippen LogP contribution >= 0.6 is 0 Å². The number of hydrogen-bond acceptors (Lipinski definition) is 4. The van der Waals surface area contributed by atoms with E-state index in [1.807, 2.05) is 25.1 Å². The number of imidazole rings is 1. The SMILES string of the molecule is CCn1cnc(S(=O)(=O)NCc2ccc3c(c2)CNC3)c1. The third-order valence-electron chi connectivity index (χ3n) is 3.62. The van der Waals surface area contributed by atoms with Gasteiger partial charge in [0.25, 0.3) is 10.0 Å². The molecule has 0 saturated carbocycles. The fourth-order valence-corrected chi connectivity index (χ4v) is 3.33. The first-order chi connectivity index (χ1) is 10.1. The first-order valence-electron chi connectivity index (χ1n) is 6.91. The minimum Gasteiger partial charge on any atom is -0.336 e. The number of aryl methyl sites for hydroxylation is 1. The van der Waals surface area contributed by atoms with Crippen LogP contribution in [-0.2, 0) is 36.2 Å². The molecule has 3 rings (SSSR count). The summed E-state index contributed by atoms with van der Waals surface area (Å²) in [5.74, 6) is 0. The lowest BCUT2D eigenvalue weighted by atomic mass is 10.1. The van der Waals surface area contributed by atoms with Crippen molar-refractivity contribution in [3.8, 4) is 0 Å². The van der Waals surface area contributed by atoms with Crippen LogP contribution in [0.3, 0.4) is 0 Å². The molecular weight excluding hydrogens is 288 g/mol. The number of rotatable bonds is 5. The molecule has 21 heavy (non-hydrogen) atoms. The van der Waals surface area contributed by atoms with Crippen LogP contribution in [0.1, 0.15) is 23.6 Å². The molecular formula is C14H18N4O2S. The summed E-state index contributed by atoms with van der Waals surface area (Å²) >= 11 is 0. The summed E-state index contributed by atoms with van der Waals surface area (Å²) in [4.78, 5) is 3.93. The standard InChI is InChI=1S/C14H18N4O2S/c1-2-18-9-14(16-10-18)21(19,20)17-6-11-3-4-12-7-15-8-13(12)5-11/h3-5,9-10,15,17H,2,6-8H2,1H3. The molecule has 0 saturated heterocycles. The van der Waals surface area contributed by atoms with Crippen molar-refractivity contribution in [1.29, 1.82) is 0 Å². The molecule has 1 aliphatic rings. The van der Waals surface area contributed by atoms with E-state index in [-0.39, 0.29) is 11.6 Å². The van der Waals surface area contributed by atoms with E-state index in [9.17, 15) is 8.42 Å². The maximum absolute atomic E-state index is 12.2. The van der Waals surface area contributed by atoms with E-state index >= 15 is 0 Å². The maximum Gasteiger partial charge on any atom is 0.259 e. The molecule has 1 aliphatic heterocycles. The van der Waals surface area contributed by atoms with Gasteiger partial charge in [-0.1, -0.05) is 18.2 Å². The lowest BCUT2D eigenvalue weighted by molar-refractivity contribution is 0.578. The topological polar surface area (TPSA) is 76.0 Å². The minimum atomic E-state index is -3.56. The van der Waals surface area contributed by atoms with Crippen LogP contribution in [0.25, 0.3) is 0 Å². The second-order valence-electron chi connectivity index (χ2n) is 5.07. The van der Waals surface area contributed by atoms with Gasteiger partial charge in [0.15, 0.2) is 5.03 Å². The Hall–Kier alpha value is -1.70. The zero-order valence-electron chi connectivity index (χ0n) is 11.8. The Balaban J connectivity index is 1.71. The second kappa shape index (κ2) is 5.59. The van der Waals surface area contributed by atoms with Crippen molar-refractivity contribution in [3.63, 3.8) is 0 Å². The fourth-order valence-electron chi connectivity index (χ4n) is 2.36. The Morgan fingerprint density at radius 2 is 2.14 bits per heavy atom. The number of fused-ring (bicyclic) bond motifs is 1. The molecule has 1 aromatic carbocycles. The molecule has 1 aromatic heterocycles. The molecule has 0 amide bonds. The van der Waals surface area contributed by atoms with Crippen molar-refractivity contribution < 1.29 is 8.42 Å². The first-order valence-corrected chi connectivity index (χ1v) is 8.39. The first kappa shape index (κ1) is 14.2. The van der Waals surface area contributed by atoms with E-state index in [2.05, 4.69) is 15.0 Å². The Morgan fingerprint density at radius 1 is 1.33 bits per heavy atom. The predicted molar refractivity (Wildman–Crippen MR) is 78.9 cm³/mol. The van der Waals surface area contributed by atoms with Gasteiger partial charge in [-0.25, -0.2) is 18.1 Å². The number of aromatic nitrogens is 2. The average molecular weight is 306 g/mol. The summed E-state index contributed by atoms with van der Waals surface area (Å²) in [5, 5.41) is 3.33. The lowest BCUT2D eigenvalue weighted by Gasteiger charge is -2.06. The molecule has 0 spiro atoms. The molecule has 2 heterocycles. The fraction of sp³-hybridized carbons (Fsp3) is 0.357. The zero-order valence-corrected chi connectivity index (χ0v) is 12.7. The Labute approximate surface area is 124 Å². The molecule has 0 unspecified atom stereocenters. The normalized spacial score (nSPS) is 14.3. The van der Waals surface area contributed by atoms with E-state index in [0.717, 1.165) is 18.7 Å². The summed E-state index contributed by atoms with van der Waals surface area (Å²) in [5.41, 5.74) is 3.47. The molecule has 2 aromatic rings. The van der Waals surface area contributed by atoms with Gasteiger partial charge in [-0.3, -0.25) is 0 Å². The molecule has 7 heteroatoms. The Morgan fingerprint density at radius 3 is 2.90 bits per heavy atom. The molecule has 0 bridgehead atoms. The molecule has 0 atom stereocenters. The summed E-state index contributed by atoms with van der Waals surface area (Å²) in [6.07, 6.45) is 3.06. The third kappa shape index (κ3) is 2.99. The zero-order chi connectivity index (χ0) is 14.9. The molecule has 0 fully saturated rings. The quantitative estimate of drug-likeness (QED) is 0.863. The van der Waals surface area contributed by atoms with Crippen LogP contribution in [0.5, 0.6) is 0 Å². The van der Waals surface area contributed by atoms with Gasteiger partial charge >= 0.3 is 0 Å². The maximum atomic E-state index is 12.2. The summed E-state index contributed by atoms with van der Waals surface area (Å²) < 4.78 is 28.7. The van der Waals surface area contributed by atoms with Crippen LogP contribution in [0.4, 0.5) is 0 Å². The number of benzene rings is 1. The largest absolute Gasteiger partial charge is 0.336 e. The van der Waals surface area contributed by atoms with Crippen molar-refractivity contribution in [2.45, 2.75) is 38.1 Å². The highest BCUT2D eigenvalue weighted by Crippen LogP contribution is 2.17. The van der Waals surface area contributed by atoms with Gasteiger partial charge in [0.2, 0.25) is 0 Å². The van der Waals surface area contributed by atoms with Crippen LogP contribution in [-0.4, -0.2) is 18.0 Å². The number of hydrogen-bond donors (Lipinski definition) is 2. The van der Waals surface area contributed by atoms with Gasteiger partial charge in [-0.15, -0.1) is 0 Å². The van der Waals surface area contributed by atoms with Gasteiger partial charge in [-0.05, 0) is 23.6 Å². The van der Waals surface area contributed by atoms with Gasteiger partial charge in [0.1, 0.15) is 0 Å². The summed E-state index contributed by atoms with van der Waals surface area (Å²) in [6, 6.07) is 6.05. The highest BCUT2D eigenvalue weighted by Gasteiger charge is 2.17. The Kier molecular flexibility index (Phi) is 3.79. The number of nitrogens with one attached hydrogen (secondary N) is 2. The third-order valence-corrected chi connectivity index (χ3v) is 4.90. The van der Waals surface area contributed by atoms with Crippen molar-refractivity contribution in [3.05, 3.63) is 47.4 Å². The minimum absolute atomic E-state index is 0.0622. The average Bonchev–Trinajstić information content (AvgIpc) is 3.13. The van der Waals surface area contributed by atoms with Gasteiger partial charge < -0.3 is 9.88 Å². The van der Waals surface area contributed by atoms with Gasteiger partial charge in [0.05, 0.1) is 6.33 Å². The van der Waals surface area contributed by atoms with Crippen LogP contribution < -0.4 is 10.0 Å². The van der Waals surface area contributed by atoms with Gasteiger partial charge in [0, 0.05) is 32.4 Å². The van der Waals surface area contributed by atoms with Gasteiger partial charge in [-0.2, -0.15) is 0 Å². The van der Waals surface area contributed by atoms with Crippen LogP contribution in [0.2, 0.25) is 0 Å². The number of nitrogens with zero attached hydrogens (tertiary/aromatic N) is 2. The molecule has 2 N–H and O–H groups in total. The summed E-state index contributed by atoms with van der Waals surface area (Å²) in [7, 11) is -3.56. The second-order valence-corrected chi connectivity index (χ2v) is 6.79. The molecule has 0 aliphatic carbocycles. The van der Waals surface area contributed by atoms with E-state index in [4.69, 9.17) is 0 Å². The molecule has 6 nitrogen and oxygen atoms in total. The predicted octanol–water partition coefficient (Wildman–Crippen LogP) is 0.985. The van der Waals surface area contributed by atoms with E-state index < -0.39 is 10.0 Å². The van der Waals surface area contributed by atoms with E-state index in [1.165, 1.54) is 23.7 Å². The smallest absolute Gasteiger partial charge is 0.259 e. The van der Waals surface area contributed by atoms with Crippen LogP contribution in [0.15, 0.2) is 35.7 Å². The van der Waals surface area contributed by atoms with Crippen molar-refractivity contribution in [2.24, 2.45) is 0 Å². The van der Waals surface area contributed by atoms with Crippen molar-refractivity contribution >= 4 is 10.0 Å². The van der Waals surface area contributed by atoms with E-state index in [1.54, 1.807) is 4.57 Å². The lowest BCUT2D eigenvalue weighted by Crippen LogP contribution is -2.23. The van der Waals surface area contributed by atoms with Crippen molar-refractivity contribution in [2.75, 3.05) is 0 Å². The van der Waals surface area contributed by atoms with Crippen LogP contribution in [0, 0.1) is 0 Å².